The lowest BCUT2D eigenvalue weighted by molar-refractivity contribution is 0.416. The summed E-state index contributed by atoms with van der Waals surface area (Å²) in [6.45, 7) is 4.18. The van der Waals surface area contributed by atoms with Gasteiger partial charge in [-0.05, 0) is 43.7 Å². The molecular formula is C16H19BrN2O. The highest BCUT2D eigenvalue weighted by Crippen LogP contribution is 2.30. The van der Waals surface area contributed by atoms with Gasteiger partial charge < -0.3 is 10.4 Å². The van der Waals surface area contributed by atoms with Crippen LogP contribution in [0.4, 0.5) is 0 Å². The topological polar surface area (TPSA) is 45.2 Å². The van der Waals surface area contributed by atoms with Gasteiger partial charge in [-0.25, -0.2) is 0 Å². The van der Waals surface area contributed by atoms with Crippen molar-refractivity contribution in [1.29, 1.82) is 0 Å². The number of halogens is 1. The van der Waals surface area contributed by atoms with Crippen molar-refractivity contribution in [3.8, 4) is 5.75 Å². The van der Waals surface area contributed by atoms with Gasteiger partial charge >= 0.3 is 0 Å². The number of aromatic hydroxyl groups is 1. The second kappa shape index (κ2) is 6.86. The minimum atomic E-state index is 0.0875. The zero-order valence-corrected chi connectivity index (χ0v) is 13.3. The molecule has 0 aliphatic carbocycles. The van der Waals surface area contributed by atoms with Crippen molar-refractivity contribution in [1.82, 2.24) is 10.3 Å². The van der Waals surface area contributed by atoms with Crippen LogP contribution in [0.25, 0.3) is 0 Å². The van der Waals surface area contributed by atoms with Crippen molar-refractivity contribution in [2.24, 2.45) is 0 Å². The second-order valence-electron chi connectivity index (χ2n) is 4.81. The summed E-state index contributed by atoms with van der Waals surface area (Å²) in [7, 11) is 0. The van der Waals surface area contributed by atoms with Crippen molar-refractivity contribution in [2.75, 3.05) is 0 Å². The maximum Gasteiger partial charge on any atom is 0.120 e. The highest BCUT2D eigenvalue weighted by Gasteiger charge is 2.17. The third-order valence-corrected chi connectivity index (χ3v) is 3.85. The van der Waals surface area contributed by atoms with E-state index >= 15 is 0 Å². The van der Waals surface area contributed by atoms with Crippen LogP contribution in [0, 0.1) is 0 Å². The van der Waals surface area contributed by atoms with Crippen LogP contribution in [0.2, 0.25) is 0 Å². The fourth-order valence-corrected chi connectivity index (χ4v) is 2.63. The Labute approximate surface area is 128 Å². The predicted octanol–water partition coefficient (Wildman–Crippen LogP) is 4.35. The fraction of sp³-hybridized carbons (Fsp3) is 0.312. The number of hydrogen-bond acceptors (Lipinski definition) is 3. The SMILES string of the molecule is CCC(NC(C)c1ccccn1)c1cc(Br)ccc1O. The molecule has 4 heteroatoms. The average molecular weight is 335 g/mol. The number of pyridine rings is 1. The van der Waals surface area contributed by atoms with Gasteiger partial charge in [0.1, 0.15) is 5.75 Å². The van der Waals surface area contributed by atoms with E-state index in [9.17, 15) is 5.11 Å². The third kappa shape index (κ3) is 3.58. The summed E-state index contributed by atoms with van der Waals surface area (Å²) in [6.07, 6.45) is 2.69. The van der Waals surface area contributed by atoms with Crippen molar-refractivity contribution in [3.63, 3.8) is 0 Å². The highest BCUT2D eigenvalue weighted by molar-refractivity contribution is 9.10. The van der Waals surface area contributed by atoms with E-state index in [1.54, 1.807) is 12.3 Å². The molecule has 0 radical (unpaired) electrons. The number of hydrogen-bond donors (Lipinski definition) is 2. The van der Waals surface area contributed by atoms with Gasteiger partial charge in [0.25, 0.3) is 0 Å². The van der Waals surface area contributed by atoms with Crippen molar-refractivity contribution in [2.45, 2.75) is 32.4 Å². The third-order valence-electron chi connectivity index (χ3n) is 3.36. The molecule has 2 aromatic rings. The van der Waals surface area contributed by atoms with Gasteiger partial charge in [-0.3, -0.25) is 4.98 Å². The number of phenols is 1. The van der Waals surface area contributed by atoms with Gasteiger partial charge in [0, 0.05) is 28.3 Å². The van der Waals surface area contributed by atoms with E-state index in [4.69, 9.17) is 0 Å². The molecule has 0 fully saturated rings. The second-order valence-corrected chi connectivity index (χ2v) is 5.72. The van der Waals surface area contributed by atoms with Gasteiger partial charge in [0.2, 0.25) is 0 Å². The normalized spacial score (nSPS) is 13.9. The summed E-state index contributed by atoms with van der Waals surface area (Å²) < 4.78 is 0.969. The Morgan fingerprint density at radius 2 is 2.10 bits per heavy atom. The van der Waals surface area contributed by atoms with Crippen LogP contribution in [-0.4, -0.2) is 10.1 Å². The lowest BCUT2D eigenvalue weighted by Gasteiger charge is -2.23. The highest BCUT2D eigenvalue weighted by atomic mass is 79.9. The Balaban J connectivity index is 2.19. The number of nitrogens with one attached hydrogen (secondary N) is 1. The molecule has 0 saturated heterocycles. The molecule has 106 valence electrons. The van der Waals surface area contributed by atoms with Crippen molar-refractivity contribution in [3.05, 3.63) is 58.3 Å². The minimum Gasteiger partial charge on any atom is -0.508 e. The van der Waals surface area contributed by atoms with Crippen molar-refractivity contribution < 1.29 is 5.11 Å². The Morgan fingerprint density at radius 1 is 1.30 bits per heavy atom. The summed E-state index contributed by atoms with van der Waals surface area (Å²) in [5.41, 5.74) is 1.91. The summed E-state index contributed by atoms with van der Waals surface area (Å²) in [4.78, 5) is 4.37. The number of benzene rings is 1. The van der Waals surface area contributed by atoms with Gasteiger partial charge in [-0.15, -0.1) is 0 Å². The molecule has 2 rings (SSSR count). The molecule has 1 aromatic carbocycles. The number of phenolic OH excluding ortho intramolecular Hbond substituents is 1. The maximum atomic E-state index is 10.0. The molecule has 0 saturated carbocycles. The van der Waals surface area contributed by atoms with Crippen LogP contribution >= 0.6 is 15.9 Å². The zero-order chi connectivity index (χ0) is 14.5. The molecule has 1 aromatic heterocycles. The van der Waals surface area contributed by atoms with Crippen LogP contribution in [0.15, 0.2) is 47.1 Å². The Hall–Kier alpha value is -1.39. The van der Waals surface area contributed by atoms with Crippen LogP contribution in [-0.2, 0) is 0 Å². The standard InChI is InChI=1S/C16H19BrN2O/c1-3-14(13-10-12(17)7-8-16(13)20)19-11(2)15-6-4-5-9-18-15/h4-11,14,19-20H,3H2,1-2H3. The average Bonchev–Trinajstić information content (AvgIpc) is 2.48. The van der Waals surface area contributed by atoms with E-state index in [-0.39, 0.29) is 12.1 Å². The molecule has 1 heterocycles. The number of rotatable bonds is 5. The van der Waals surface area contributed by atoms with E-state index in [2.05, 4.69) is 40.1 Å². The first-order valence-corrected chi connectivity index (χ1v) is 7.56. The molecule has 2 N–H and O–H groups in total. The van der Waals surface area contributed by atoms with E-state index in [1.807, 2.05) is 30.3 Å². The summed E-state index contributed by atoms with van der Waals surface area (Å²) in [5.74, 6) is 0.320. The molecule has 3 nitrogen and oxygen atoms in total. The number of nitrogens with zero attached hydrogens (tertiary/aromatic N) is 1. The quantitative estimate of drug-likeness (QED) is 0.854. The van der Waals surface area contributed by atoms with Crippen molar-refractivity contribution >= 4 is 15.9 Å². The summed E-state index contributed by atoms with van der Waals surface area (Å²) >= 11 is 3.45. The molecule has 0 amide bonds. The van der Waals surface area contributed by atoms with Crippen LogP contribution < -0.4 is 5.32 Å². The Kier molecular flexibility index (Phi) is 5.15. The molecule has 20 heavy (non-hydrogen) atoms. The van der Waals surface area contributed by atoms with Crippen LogP contribution in [0.5, 0.6) is 5.75 Å². The van der Waals surface area contributed by atoms with Gasteiger partial charge in [-0.1, -0.05) is 28.9 Å². The maximum absolute atomic E-state index is 10.0. The van der Waals surface area contributed by atoms with E-state index < -0.39 is 0 Å². The van der Waals surface area contributed by atoms with Gasteiger partial charge in [0.15, 0.2) is 0 Å². The monoisotopic (exact) mass is 334 g/mol. The largest absolute Gasteiger partial charge is 0.508 e. The van der Waals surface area contributed by atoms with Crippen LogP contribution in [0.3, 0.4) is 0 Å². The molecular weight excluding hydrogens is 316 g/mol. The number of aromatic nitrogens is 1. The Bertz CT molecular complexity index is 560. The Morgan fingerprint density at radius 3 is 2.75 bits per heavy atom. The lowest BCUT2D eigenvalue weighted by Crippen LogP contribution is -2.25. The van der Waals surface area contributed by atoms with Gasteiger partial charge in [0.05, 0.1) is 5.69 Å². The van der Waals surface area contributed by atoms with Crippen LogP contribution in [0.1, 0.15) is 43.6 Å². The molecule has 0 aliphatic rings. The van der Waals surface area contributed by atoms with Gasteiger partial charge in [-0.2, -0.15) is 0 Å². The predicted molar refractivity (Wildman–Crippen MR) is 84.6 cm³/mol. The lowest BCUT2D eigenvalue weighted by atomic mass is 10.0. The summed E-state index contributed by atoms with van der Waals surface area (Å²) in [5, 5.41) is 13.6. The van der Waals surface area contributed by atoms with E-state index in [0.717, 1.165) is 22.2 Å². The molecule has 0 aliphatic heterocycles. The minimum absolute atomic E-state index is 0.0875. The fourth-order valence-electron chi connectivity index (χ4n) is 2.25. The molecule has 2 unspecified atom stereocenters. The van der Waals surface area contributed by atoms with E-state index in [1.165, 1.54) is 0 Å². The molecule has 0 spiro atoms. The zero-order valence-electron chi connectivity index (χ0n) is 11.7. The first kappa shape index (κ1) is 15.0. The van der Waals surface area contributed by atoms with E-state index in [0.29, 0.717) is 5.75 Å². The molecule has 0 bridgehead atoms. The first-order chi connectivity index (χ1) is 9.61. The first-order valence-electron chi connectivity index (χ1n) is 6.77. The summed E-state index contributed by atoms with van der Waals surface area (Å²) in [6, 6.07) is 11.6. The molecule has 2 atom stereocenters. The smallest absolute Gasteiger partial charge is 0.120 e.